The fourth-order valence-corrected chi connectivity index (χ4v) is 2.15. The second kappa shape index (κ2) is 3.11. The first-order valence-electron chi connectivity index (χ1n) is 4.83. The molecule has 0 amide bonds. The summed E-state index contributed by atoms with van der Waals surface area (Å²) in [5.74, 6) is 0. The molecule has 0 aromatic rings. The van der Waals surface area contributed by atoms with Gasteiger partial charge in [-0.15, -0.1) is 0 Å². The molecule has 2 heterocycles. The molecule has 2 N–H and O–H groups in total. The molecule has 0 aliphatic carbocycles. The smallest absolute Gasteiger partial charge is 0.00772 e. The summed E-state index contributed by atoms with van der Waals surface area (Å²) in [6.45, 7) is 4.99. The lowest BCUT2D eigenvalue weighted by molar-refractivity contribution is 0.136. The SMILES string of the molecule is C1CCNCC2(CC1)CNC2. The summed E-state index contributed by atoms with van der Waals surface area (Å²) in [7, 11) is 0. The maximum Gasteiger partial charge on any atom is 0.00772 e. The molecule has 0 radical (unpaired) electrons. The minimum absolute atomic E-state index is 0.653. The van der Waals surface area contributed by atoms with Crippen LogP contribution >= 0.6 is 0 Å². The van der Waals surface area contributed by atoms with Crippen LogP contribution in [-0.2, 0) is 0 Å². The van der Waals surface area contributed by atoms with Gasteiger partial charge in [-0.2, -0.15) is 0 Å². The predicted molar refractivity (Wildman–Crippen MR) is 46.6 cm³/mol. The third kappa shape index (κ3) is 1.57. The standard InChI is InChI=1S/C9H18N2/c1-2-4-9(7-11-8-9)6-10-5-3-1/h10-11H,1-8H2. The quantitative estimate of drug-likeness (QED) is 0.538. The van der Waals surface area contributed by atoms with Crippen LogP contribution in [-0.4, -0.2) is 26.2 Å². The Morgan fingerprint density at radius 1 is 0.818 bits per heavy atom. The van der Waals surface area contributed by atoms with E-state index in [2.05, 4.69) is 10.6 Å². The van der Waals surface area contributed by atoms with Gasteiger partial charge < -0.3 is 10.6 Å². The Morgan fingerprint density at radius 2 is 1.64 bits per heavy atom. The van der Waals surface area contributed by atoms with Gasteiger partial charge in [0.1, 0.15) is 0 Å². The van der Waals surface area contributed by atoms with Gasteiger partial charge in [0.25, 0.3) is 0 Å². The summed E-state index contributed by atoms with van der Waals surface area (Å²) in [5.41, 5.74) is 0.653. The van der Waals surface area contributed by atoms with E-state index >= 15 is 0 Å². The van der Waals surface area contributed by atoms with E-state index in [9.17, 15) is 0 Å². The third-order valence-electron chi connectivity index (χ3n) is 3.06. The summed E-state index contributed by atoms with van der Waals surface area (Å²) >= 11 is 0. The Morgan fingerprint density at radius 3 is 2.36 bits per heavy atom. The maximum atomic E-state index is 3.54. The van der Waals surface area contributed by atoms with E-state index in [-0.39, 0.29) is 0 Å². The Kier molecular flexibility index (Phi) is 2.14. The van der Waals surface area contributed by atoms with Crippen LogP contribution in [0.1, 0.15) is 25.7 Å². The van der Waals surface area contributed by atoms with E-state index in [0.717, 1.165) is 0 Å². The van der Waals surface area contributed by atoms with Crippen LogP contribution in [0.15, 0.2) is 0 Å². The van der Waals surface area contributed by atoms with E-state index in [4.69, 9.17) is 0 Å². The van der Waals surface area contributed by atoms with Crippen molar-refractivity contribution in [1.29, 1.82) is 0 Å². The molecule has 0 aromatic carbocycles. The monoisotopic (exact) mass is 154 g/mol. The summed E-state index contributed by atoms with van der Waals surface area (Å²) in [5, 5.41) is 6.92. The topological polar surface area (TPSA) is 24.1 Å². The first-order valence-corrected chi connectivity index (χ1v) is 4.83. The molecule has 2 nitrogen and oxygen atoms in total. The van der Waals surface area contributed by atoms with Gasteiger partial charge in [-0.3, -0.25) is 0 Å². The van der Waals surface area contributed by atoms with Crippen LogP contribution in [0.4, 0.5) is 0 Å². The van der Waals surface area contributed by atoms with Crippen molar-refractivity contribution in [2.24, 2.45) is 5.41 Å². The largest absolute Gasteiger partial charge is 0.316 e. The van der Waals surface area contributed by atoms with Crippen LogP contribution < -0.4 is 10.6 Å². The normalized spacial score (nSPS) is 30.5. The minimum atomic E-state index is 0.653. The molecule has 2 rings (SSSR count). The highest BCUT2D eigenvalue weighted by molar-refractivity contribution is 4.94. The van der Waals surface area contributed by atoms with E-state index in [1.54, 1.807) is 0 Å². The van der Waals surface area contributed by atoms with Crippen molar-refractivity contribution in [3.05, 3.63) is 0 Å². The fourth-order valence-electron chi connectivity index (χ4n) is 2.15. The Balaban J connectivity index is 1.86. The molecule has 2 heteroatoms. The molecule has 0 unspecified atom stereocenters. The molecule has 2 aliphatic rings. The van der Waals surface area contributed by atoms with Gasteiger partial charge >= 0.3 is 0 Å². The summed E-state index contributed by atoms with van der Waals surface area (Å²) in [6, 6.07) is 0. The first-order chi connectivity index (χ1) is 5.41. The summed E-state index contributed by atoms with van der Waals surface area (Å²) in [4.78, 5) is 0. The predicted octanol–water partition coefficient (Wildman–Crippen LogP) is 0.740. The molecule has 0 bridgehead atoms. The van der Waals surface area contributed by atoms with E-state index in [0.29, 0.717) is 5.41 Å². The van der Waals surface area contributed by atoms with Crippen molar-refractivity contribution in [2.75, 3.05) is 26.2 Å². The zero-order valence-electron chi connectivity index (χ0n) is 7.16. The molecule has 1 spiro atoms. The summed E-state index contributed by atoms with van der Waals surface area (Å²) < 4.78 is 0. The summed E-state index contributed by atoms with van der Waals surface area (Å²) in [6.07, 6.45) is 5.69. The van der Waals surface area contributed by atoms with Crippen LogP contribution in [0.3, 0.4) is 0 Å². The number of hydrogen-bond acceptors (Lipinski definition) is 2. The molecule has 11 heavy (non-hydrogen) atoms. The minimum Gasteiger partial charge on any atom is -0.316 e. The number of nitrogens with one attached hydrogen (secondary N) is 2. The van der Waals surface area contributed by atoms with Crippen molar-refractivity contribution in [3.8, 4) is 0 Å². The molecule has 0 saturated carbocycles. The molecule has 0 aromatic heterocycles. The average Bonchev–Trinajstić information content (AvgIpc) is 1.82. The van der Waals surface area contributed by atoms with Gasteiger partial charge in [0.05, 0.1) is 0 Å². The number of hydrogen-bond donors (Lipinski definition) is 2. The second-order valence-electron chi connectivity index (χ2n) is 4.09. The maximum absolute atomic E-state index is 3.54. The Bertz CT molecular complexity index is 120. The highest BCUT2D eigenvalue weighted by atomic mass is 15.0. The second-order valence-corrected chi connectivity index (χ2v) is 4.09. The van der Waals surface area contributed by atoms with Gasteiger partial charge in [0.15, 0.2) is 0 Å². The van der Waals surface area contributed by atoms with Gasteiger partial charge in [-0.05, 0) is 19.4 Å². The number of rotatable bonds is 0. The molecule has 2 saturated heterocycles. The lowest BCUT2D eigenvalue weighted by atomic mass is 9.76. The van der Waals surface area contributed by atoms with Crippen LogP contribution in [0, 0.1) is 5.41 Å². The van der Waals surface area contributed by atoms with Crippen molar-refractivity contribution >= 4 is 0 Å². The third-order valence-corrected chi connectivity index (χ3v) is 3.06. The van der Waals surface area contributed by atoms with Crippen molar-refractivity contribution < 1.29 is 0 Å². The molecule has 2 aliphatic heterocycles. The highest BCUT2D eigenvalue weighted by Crippen LogP contribution is 2.29. The first kappa shape index (κ1) is 7.56. The lowest BCUT2D eigenvalue weighted by Gasteiger charge is -2.44. The van der Waals surface area contributed by atoms with Crippen LogP contribution in [0.5, 0.6) is 0 Å². The van der Waals surface area contributed by atoms with Gasteiger partial charge in [0, 0.05) is 25.0 Å². The molecule has 64 valence electrons. The molecular weight excluding hydrogens is 136 g/mol. The zero-order chi connectivity index (χ0) is 7.57. The van der Waals surface area contributed by atoms with Gasteiger partial charge in [-0.25, -0.2) is 0 Å². The average molecular weight is 154 g/mol. The van der Waals surface area contributed by atoms with Crippen molar-refractivity contribution in [1.82, 2.24) is 10.6 Å². The molecule has 2 fully saturated rings. The fraction of sp³-hybridized carbons (Fsp3) is 1.00. The molecular formula is C9H18N2. The van der Waals surface area contributed by atoms with Crippen molar-refractivity contribution in [2.45, 2.75) is 25.7 Å². The lowest BCUT2D eigenvalue weighted by Crippen LogP contribution is -2.58. The van der Waals surface area contributed by atoms with Gasteiger partial charge in [0.2, 0.25) is 0 Å². The van der Waals surface area contributed by atoms with E-state index < -0.39 is 0 Å². The van der Waals surface area contributed by atoms with Crippen molar-refractivity contribution in [3.63, 3.8) is 0 Å². The Hall–Kier alpha value is -0.0800. The highest BCUT2D eigenvalue weighted by Gasteiger charge is 2.35. The van der Waals surface area contributed by atoms with Crippen LogP contribution in [0.25, 0.3) is 0 Å². The molecule has 0 atom stereocenters. The van der Waals surface area contributed by atoms with Crippen LogP contribution in [0.2, 0.25) is 0 Å². The van der Waals surface area contributed by atoms with E-state index in [1.807, 2.05) is 0 Å². The zero-order valence-corrected chi connectivity index (χ0v) is 7.16. The van der Waals surface area contributed by atoms with E-state index in [1.165, 1.54) is 51.9 Å². The Labute approximate surface area is 68.7 Å². The van der Waals surface area contributed by atoms with Gasteiger partial charge in [-0.1, -0.05) is 12.8 Å².